The van der Waals surface area contributed by atoms with Gasteiger partial charge in [-0.15, -0.1) is 0 Å². The number of amides is 2. The number of nitrogens with zero attached hydrogens (tertiary/aromatic N) is 1. The topological polar surface area (TPSA) is 82.0 Å². The minimum atomic E-state index is -0.334. The van der Waals surface area contributed by atoms with E-state index in [1.54, 1.807) is 48.5 Å². The highest BCUT2D eigenvalue weighted by molar-refractivity contribution is 6.06. The Bertz CT molecular complexity index is 776. The lowest BCUT2D eigenvalue weighted by Crippen LogP contribution is -2.30. The molecule has 0 aromatic heterocycles. The van der Waals surface area contributed by atoms with Crippen molar-refractivity contribution in [3.05, 3.63) is 65.2 Å². The van der Waals surface area contributed by atoms with Crippen LogP contribution in [0.5, 0.6) is 0 Å². The van der Waals surface area contributed by atoms with Crippen molar-refractivity contribution in [1.82, 2.24) is 5.32 Å². The van der Waals surface area contributed by atoms with E-state index >= 15 is 0 Å². The summed E-state index contributed by atoms with van der Waals surface area (Å²) in [6, 6.07) is 15.2. The maximum Gasteiger partial charge on any atom is 0.255 e. The van der Waals surface area contributed by atoms with Gasteiger partial charge >= 0.3 is 0 Å². The summed E-state index contributed by atoms with van der Waals surface area (Å²) in [5, 5.41) is 14.4. The van der Waals surface area contributed by atoms with Crippen molar-refractivity contribution in [2.24, 2.45) is 0 Å². The third-order valence-electron chi connectivity index (χ3n) is 3.06. The van der Waals surface area contributed by atoms with Crippen molar-refractivity contribution < 1.29 is 9.59 Å². The lowest BCUT2D eigenvalue weighted by atomic mass is 10.1. The van der Waals surface area contributed by atoms with Gasteiger partial charge in [-0.25, -0.2) is 0 Å². The van der Waals surface area contributed by atoms with Gasteiger partial charge in [0.25, 0.3) is 11.8 Å². The SMILES string of the molecule is CC(C)NC(=O)c1cccc(C(=O)Nc2cccc(C#N)c2)c1. The van der Waals surface area contributed by atoms with E-state index in [-0.39, 0.29) is 17.9 Å². The predicted octanol–water partition coefficient (Wildman–Crippen LogP) is 2.95. The summed E-state index contributed by atoms with van der Waals surface area (Å²) in [5.74, 6) is -0.555. The fraction of sp³-hybridized carbons (Fsp3) is 0.167. The summed E-state index contributed by atoms with van der Waals surface area (Å²) in [7, 11) is 0. The first-order valence-corrected chi connectivity index (χ1v) is 7.22. The quantitative estimate of drug-likeness (QED) is 0.911. The van der Waals surface area contributed by atoms with Crippen molar-refractivity contribution in [3.63, 3.8) is 0 Å². The van der Waals surface area contributed by atoms with Crippen LogP contribution in [0.3, 0.4) is 0 Å². The molecule has 0 saturated carbocycles. The molecule has 0 radical (unpaired) electrons. The van der Waals surface area contributed by atoms with Crippen LogP contribution in [0.25, 0.3) is 0 Å². The molecule has 0 atom stereocenters. The fourth-order valence-electron chi connectivity index (χ4n) is 2.02. The summed E-state index contributed by atoms with van der Waals surface area (Å²) in [6.45, 7) is 3.74. The van der Waals surface area contributed by atoms with Crippen molar-refractivity contribution in [3.8, 4) is 6.07 Å². The van der Waals surface area contributed by atoms with Crippen LogP contribution in [-0.4, -0.2) is 17.9 Å². The Morgan fingerprint density at radius 3 is 2.30 bits per heavy atom. The molecule has 0 aliphatic carbocycles. The molecular formula is C18H17N3O2. The molecule has 0 aliphatic rings. The molecule has 23 heavy (non-hydrogen) atoms. The van der Waals surface area contributed by atoms with Crippen LogP contribution in [0.1, 0.15) is 40.1 Å². The molecule has 116 valence electrons. The molecule has 0 saturated heterocycles. The molecule has 5 nitrogen and oxygen atoms in total. The Kier molecular flexibility index (Phi) is 5.11. The molecule has 2 aromatic carbocycles. The largest absolute Gasteiger partial charge is 0.350 e. The van der Waals surface area contributed by atoms with Crippen LogP contribution in [0, 0.1) is 11.3 Å². The van der Waals surface area contributed by atoms with E-state index in [2.05, 4.69) is 10.6 Å². The van der Waals surface area contributed by atoms with E-state index in [1.807, 2.05) is 19.9 Å². The summed E-state index contributed by atoms with van der Waals surface area (Å²) in [4.78, 5) is 24.3. The zero-order chi connectivity index (χ0) is 16.8. The Hall–Kier alpha value is -3.13. The molecule has 2 aromatic rings. The molecule has 2 rings (SSSR count). The van der Waals surface area contributed by atoms with E-state index in [0.29, 0.717) is 22.4 Å². The third kappa shape index (κ3) is 4.42. The van der Waals surface area contributed by atoms with Gasteiger partial charge in [0.15, 0.2) is 0 Å². The number of nitrogens with one attached hydrogen (secondary N) is 2. The number of benzene rings is 2. The minimum Gasteiger partial charge on any atom is -0.350 e. The van der Waals surface area contributed by atoms with Crippen LogP contribution >= 0.6 is 0 Å². The molecule has 0 aliphatic heterocycles. The first kappa shape index (κ1) is 16.2. The van der Waals surface area contributed by atoms with Crippen LogP contribution in [-0.2, 0) is 0 Å². The van der Waals surface area contributed by atoms with Gasteiger partial charge in [-0.1, -0.05) is 12.1 Å². The number of carbonyl (C=O) groups is 2. The summed E-state index contributed by atoms with van der Waals surface area (Å²) < 4.78 is 0. The Morgan fingerprint density at radius 2 is 1.65 bits per heavy atom. The second kappa shape index (κ2) is 7.23. The number of carbonyl (C=O) groups excluding carboxylic acids is 2. The van der Waals surface area contributed by atoms with Crippen LogP contribution in [0.4, 0.5) is 5.69 Å². The van der Waals surface area contributed by atoms with Crippen molar-refractivity contribution >= 4 is 17.5 Å². The minimum absolute atomic E-state index is 0.0219. The highest BCUT2D eigenvalue weighted by atomic mass is 16.2. The first-order chi connectivity index (χ1) is 11.0. The van der Waals surface area contributed by atoms with Crippen molar-refractivity contribution in [1.29, 1.82) is 5.26 Å². The number of hydrogen-bond donors (Lipinski definition) is 2. The van der Waals surface area contributed by atoms with E-state index in [1.165, 1.54) is 0 Å². The molecule has 0 bridgehead atoms. The Labute approximate surface area is 134 Å². The van der Waals surface area contributed by atoms with Crippen molar-refractivity contribution in [2.45, 2.75) is 19.9 Å². The molecule has 5 heteroatoms. The maximum absolute atomic E-state index is 12.3. The average molecular weight is 307 g/mol. The van der Waals surface area contributed by atoms with Crippen LogP contribution < -0.4 is 10.6 Å². The van der Waals surface area contributed by atoms with E-state index < -0.39 is 0 Å². The molecular weight excluding hydrogens is 290 g/mol. The zero-order valence-corrected chi connectivity index (χ0v) is 13.0. The molecule has 0 unspecified atom stereocenters. The summed E-state index contributed by atoms with van der Waals surface area (Å²) in [6.07, 6.45) is 0. The smallest absolute Gasteiger partial charge is 0.255 e. The van der Waals surface area contributed by atoms with Gasteiger partial charge in [-0.2, -0.15) is 5.26 Å². The standard InChI is InChI=1S/C18H17N3O2/c1-12(2)20-17(22)14-6-4-7-15(10-14)18(23)21-16-8-3-5-13(9-16)11-19/h3-10,12H,1-2H3,(H,20,22)(H,21,23). The zero-order valence-electron chi connectivity index (χ0n) is 13.0. The lowest BCUT2D eigenvalue weighted by Gasteiger charge is -2.10. The number of rotatable bonds is 4. The van der Waals surface area contributed by atoms with Gasteiger partial charge in [0.2, 0.25) is 0 Å². The van der Waals surface area contributed by atoms with E-state index in [4.69, 9.17) is 5.26 Å². The number of anilines is 1. The van der Waals surface area contributed by atoms with Gasteiger partial charge < -0.3 is 10.6 Å². The average Bonchev–Trinajstić information content (AvgIpc) is 2.54. The predicted molar refractivity (Wildman–Crippen MR) is 88.2 cm³/mol. The number of nitriles is 1. The second-order valence-corrected chi connectivity index (χ2v) is 5.36. The molecule has 0 heterocycles. The fourth-order valence-corrected chi connectivity index (χ4v) is 2.02. The number of hydrogen-bond acceptors (Lipinski definition) is 3. The highest BCUT2D eigenvalue weighted by Crippen LogP contribution is 2.13. The van der Waals surface area contributed by atoms with Crippen molar-refractivity contribution in [2.75, 3.05) is 5.32 Å². The van der Waals surface area contributed by atoms with Crippen LogP contribution in [0.15, 0.2) is 48.5 Å². The maximum atomic E-state index is 12.3. The highest BCUT2D eigenvalue weighted by Gasteiger charge is 2.11. The molecule has 2 amide bonds. The third-order valence-corrected chi connectivity index (χ3v) is 3.06. The van der Waals surface area contributed by atoms with Gasteiger partial charge in [0.05, 0.1) is 11.6 Å². The van der Waals surface area contributed by atoms with Crippen LogP contribution in [0.2, 0.25) is 0 Å². The molecule has 0 fully saturated rings. The monoisotopic (exact) mass is 307 g/mol. The van der Waals surface area contributed by atoms with Gasteiger partial charge in [-0.05, 0) is 50.2 Å². The van der Waals surface area contributed by atoms with Gasteiger partial charge in [-0.3, -0.25) is 9.59 Å². The normalized spacial score (nSPS) is 10.0. The molecule has 2 N–H and O–H groups in total. The summed E-state index contributed by atoms with van der Waals surface area (Å²) in [5.41, 5.74) is 1.81. The van der Waals surface area contributed by atoms with E-state index in [9.17, 15) is 9.59 Å². The summed E-state index contributed by atoms with van der Waals surface area (Å²) >= 11 is 0. The second-order valence-electron chi connectivity index (χ2n) is 5.36. The van der Waals surface area contributed by atoms with E-state index in [0.717, 1.165) is 0 Å². The lowest BCUT2D eigenvalue weighted by molar-refractivity contribution is 0.0943. The van der Waals surface area contributed by atoms with Gasteiger partial charge in [0, 0.05) is 22.9 Å². The Morgan fingerprint density at radius 1 is 1.00 bits per heavy atom. The molecule has 0 spiro atoms. The Balaban J connectivity index is 2.16. The van der Waals surface area contributed by atoms with Gasteiger partial charge in [0.1, 0.15) is 0 Å². The first-order valence-electron chi connectivity index (χ1n) is 7.22.